The lowest BCUT2D eigenvalue weighted by Gasteiger charge is -2.29. The Kier molecular flexibility index (Phi) is 3.01. The van der Waals surface area contributed by atoms with Gasteiger partial charge in [-0.05, 0) is 19.9 Å². The Balaban J connectivity index is 1.94. The lowest BCUT2D eigenvalue weighted by molar-refractivity contribution is 0.113. The second-order valence-corrected chi connectivity index (χ2v) is 3.90. The molecule has 0 aromatic carbocycles. The van der Waals surface area contributed by atoms with Crippen molar-refractivity contribution in [2.75, 3.05) is 20.1 Å². The third kappa shape index (κ3) is 2.79. The highest BCUT2D eigenvalue weighted by molar-refractivity contribution is 5.13. The van der Waals surface area contributed by atoms with E-state index in [1.807, 2.05) is 0 Å². The van der Waals surface area contributed by atoms with Crippen molar-refractivity contribution in [1.82, 2.24) is 15.1 Å². The van der Waals surface area contributed by atoms with Crippen LogP contribution in [0.1, 0.15) is 12.8 Å². The standard InChI is InChI=1S/C10H15N3O2/c1-13-4-2-8(3-5-13)15-9-6-10(14)12-11-7-9/h6-8H,2-5H2,1H3,(H,12,14). The van der Waals surface area contributed by atoms with E-state index in [9.17, 15) is 4.79 Å². The van der Waals surface area contributed by atoms with Crippen LogP contribution in [0.5, 0.6) is 5.75 Å². The highest BCUT2D eigenvalue weighted by atomic mass is 16.5. The number of nitrogens with one attached hydrogen (secondary N) is 1. The summed E-state index contributed by atoms with van der Waals surface area (Å²) in [5.41, 5.74) is -0.222. The number of ether oxygens (including phenoxy) is 1. The van der Waals surface area contributed by atoms with Crippen LogP contribution in [0, 0.1) is 0 Å². The summed E-state index contributed by atoms with van der Waals surface area (Å²) in [6.07, 6.45) is 3.76. The maximum atomic E-state index is 11.0. The molecule has 1 aliphatic rings. The fourth-order valence-corrected chi connectivity index (χ4v) is 1.72. The number of H-pyrrole nitrogens is 1. The molecule has 0 atom stereocenters. The molecule has 82 valence electrons. The van der Waals surface area contributed by atoms with E-state index in [4.69, 9.17) is 4.74 Å². The van der Waals surface area contributed by atoms with Gasteiger partial charge in [0, 0.05) is 19.2 Å². The molecule has 0 bridgehead atoms. The van der Waals surface area contributed by atoms with Gasteiger partial charge in [-0.25, -0.2) is 5.10 Å². The van der Waals surface area contributed by atoms with Gasteiger partial charge >= 0.3 is 0 Å². The minimum atomic E-state index is -0.222. The van der Waals surface area contributed by atoms with Crippen LogP contribution in [-0.2, 0) is 0 Å². The van der Waals surface area contributed by atoms with Gasteiger partial charge < -0.3 is 9.64 Å². The van der Waals surface area contributed by atoms with Crippen molar-refractivity contribution < 1.29 is 4.74 Å². The number of hydrogen-bond acceptors (Lipinski definition) is 4. The highest BCUT2D eigenvalue weighted by Gasteiger charge is 2.17. The van der Waals surface area contributed by atoms with E-state index >= 15 is 0 Å². The molecule has 0 saturated carbocycles. The van der Waals surface area contributed by atoms with Crippen molar-refractivity contribution in [2.45, 2.75) is 18.9 Å². The Bertz CT molecular complexity index is 369. The molecule has 2 rings (SSSR count). The van der Waals surface area contributed by atoms with Crippen LogP contribution < -0.4 is 10.3 Å². The second-order valence-electron chi connectivity index (χ2n) is 3.90. The molecule has 0 unspecified atom stereocenters. The molecule has 0 amide bonds. The molecule has 1 N–H and O–H groups in total. The molecule has 0 radical (unpaired) electrons. The normalized spacial score (nSPS) is 19.0. The molecule has 0 spiro atoms. The zero-order valence-corrected chi connectivity index (χ0v) is 8.77. The molecule has 5 nitrogen and oxygen atoms in total. The predicted octanol–water partition coefficient (Wildman–Crippen LogP) is 0.243. The van der Waals surface area contributed by atoms with Gasteiger partial charge in [0.1, 0.15) is 11.9 Å². The molecule has 1 saturated heterocycles. The van der Waals surface area contributed by atoms with Crippen LogP contribution in [0.15, 0.2) is 17.1 Å². The van der Waals surface area contributed by atoms with Crippen molar-refractivity contribution in [2.24, 2.45) is 0 Å². The van der Waals surface area contributed by atoms with Crippen LogP contribution in [-0.4, -0.2) is 41.3 Å². The first-order valence-corrected chi connectivity index (χ1v) is 5.14. The van der Waals surface area contributed by atoms with Crippen LogP contribution in [0.4, 0.5) is 0 Å². The first-order chi connectivity index (χ1) is 7.24. The van der Waals surface area contributed by atoms with Gasteiger partial charge in [-0.15, -0.1) is 0 Å². The SMILES string of the molecule is CN1CCC(Oc2cn[nH]c(=O)c2)CC1. The second kappa shape index (κ2) is 4.44. The molecule has 1 aliphatic heterocycles. The predicted molar refractivity (Wildman–Crippen MR) is 56.0 cm³/mol. The summed E-state index contributed by atoms with van der Waals surface area (Å²) in [4.78, 5) is 13.3. The lowest BCUT2D eigenvalue weighted by Crippen LogP contribution is -2.35. The number of aromatic amines is 1. The van der Waals surface area contributed by atoms with E-state index in [0.717, 1.165) is 25.9 Å². The molecule has 1 fully saturated rings. The monoisotopic (exact) mass is 209 g/mol. The number of likely N-dealkylation sites (tertiary alicyclic amines) is 1. The highest BCUT2D eigenvalue weighted by Crippen LogP contribution is 2.15. The average molecular weight is 209 g/mol. The number of aromatic nitrogens is 2. The fourth-order valence-electron chi connectivity index (χ4n) is 1.72. The van der Waals surface area contributed by atoms with E-state index in [1.165, 1.54) is 6.07 Å². The largest absolute Gasteiger partial charge is 0.488 e. The maximum absolute atomic E-state index is 11.0. The van der Waals surface area contributed by atoms with Gasteiger partial charge in [0.2, 0.25) is 0 Å². The molecule has 1 aromatic heterocycles. The van der Waals surface area contributed by atoms with Gasteiger partial charge in [0.05, 0.1) is 6.20 Å². The van der Waals surface area contributed by atoms with Crippen molar-refractivity contribution in [3.63, 3.8) is 0 Å². The van der Waals surface area contributed by atoms with E-state index < -0.39 is 0 Å². The molecule has 1 aromatic rings. The van der Waals surface area contributed by atoms with Crippen molar-refractivity contribution in [3.8, 4) is 5.75 Å². The fraction of sp³-hybridized carbons (Fsp3) is 0.600. The van der Waals surface area contributed by atoms with Crippen LogP contribution in [0.2, 0.25) is 0 Å². The van der Waals surface area contributed by atoms with Gasteiger partial charge in [-0.1, -0.05) is 0 Å². The molecular weight excluding hydrogens is 194 g/mol. The molecule has 15 heavy (non-hydrogen) atoms. The summed E-state index contributed by atoms with van der Waals surface area (Å²) in [5, 5.41) is 6.01. The molecule has 2 heterocycles. The quantitative estimate of drug-likeness (QED) is 0.758. The van der Waals surface area contributed by atoms with E-state index in [1.54, 1.807) is 6.20 Å². The average Bonchev–Trinajstić information content (AvgIpc) is 2.22. The molecule has 0 aliphatic carbocycles. The van der Waals surface area contributed by atoms with Crippen LogP contribution >= 0.6 is 0 Å². The number of hydrogen-bond donors (Lipinski definition) is 1. The number of piperidine rings is 1. The third-order valence-corrected chi connectivity index (χ3v) is 2.61. The van der Waals surface area contributed by atoms with E-state index in [2.05, 4.69) is 22.1 Å². The zero-order valence-electron chi connectivity index (χ0n) is 8.77. The zero-order chi connectivity index (χ0) is 10.7. The van der Waals surface area contributed by atoms with Crippen molar-refractivity contribution in [3.05, 3.63) is 22.6 Å². The first-order valence-electron chi connectivity index (χ1n) is 5.14. The van der Waals surface area contributed by atoms with Gasteiger partial charge in [0.25, 0.3) is 5.56 Å². The summed E-state index contributed by atoms with van der Waals surface area (Å²) >= 11 is 0. The Morgan fingerprint density at radius 3 is 2.93 bits per heavy atom. The van der Waals surface area contributed by atoms with Crippen LogP contribution in [0.3, 0.4) is 0 Å². The lowest BCUT2D eigenvalue weighted by atomic mass is 10.1. The Hall–Kier alpha value is -1.36. The van der Waals surface area contributed by atoms with E-state index in [0.29, 0.717) is 5.75 Å². The smallest absolute Gasteiger partial charge is 0.267 e. The van der Waals surface area contributed by atoms with E-state index in [-0.39, 0.29) is 11.7 Å². The summed E-state index contributed by atoms with van der Waals surface area (Å²) in [5.74, 6) is 0.563. The minimum Gasteiger partial charge on any atom is -0.488 e. The summed E-state index contributed by atoms with van der Waals surface area (Å²) < 4.78 is 5.68. The third-order valence-electron chi connectivity index (χ3n) is 2.61. The number of rotatable bonds is 2. The Labute approximate surface area is 88.1 Å². The van der Waals surface area contributed by atoms with Gasteiger partial charge in [-0.2, -0.15) is 5.10 Å². The summed E-state index contributed by atoms with van der Waals surface area (Å²) in [6, 6.07) is 1.44. The molecule has 5 heteroatoms. The summed E-state index contributed by atoms with van der Waals surface area (Å²) in [6.45, 7) is 2.09. The first kappa shape index (κ1) is 10.2. The van der Waals surface area contributed by atoms with Crippen LogP contribution in [0.25, 0.3) is 0 Å². The Morgan fingerprint density at radius 1 is 1.53 bits per heavy atom. The topological polar surface area (TPSA) is 58.2 Å². The van der Waals surface area contributed by atoms with Crippen molar-refractivity contribution in [1.29, 1.82) is 0 Å². The van der Waals surface area contributed by atoms with Gasteiger partial charge in [-0.3, -0.25) is 4.79 Å². The minimum absolute atomic E-state index is 0.213. The van der Waals surface area contributed by atoms with Crippen molar-refractivity contribution >= 4 is 0 Å². The summed E-state index contributed by atoms with van der Waals surface area (Å²) in [7, 11) is 2.10. The number of nitrogens with zero attached hydrogens (tertiary/aromatic N) is 2. The maximum Gasteiger partial charge on any atom is 0.267 e. The molecular formula is C10H15N3O2. The Morgan fingerprint density at radius 2 is 2.27 bits per heavy atom. The van der Waals surface area contributed by atoms with Gasteiger partial charge in [0.15, 0.2) is 0 Å².